The zero-order chi connectivity index (χ0) is 12.9. The van der Waals surface area contributed by atoms with Crippen LogP contribution in [0.5, 0.6) is 0 Å². The predicted molar refractivity (Wildman–Crippen MR) is 66.9 cm³/mol. The number of rotatable bonds is 4. The molecule has 0 saturated carbocycles. The molecule has 4 nitrogen and oxygen atoms in total. The van der Waals surface area contributed by atoms with Crippen LogP contribution in [0, 0.1) is 5.41 Å². The lowest BCUT2D eigenvalue weighted by atomic mass is 9.89. The number of carbonyl (C=O) groups is 1. The van der Waals surface area contributed by atoms with Gasteiger partial charge >= 0.3 is 5.97 Å². The first kappa shape index (κ1) is 14.5. The molecule has 1 fully saturated rings. The van der Waals surface area contributed by atoms with Gasteiger partial charge in [-0.1, -0.05) is 20.8 Å². The average molecular weight is 243 g/mol. The van der Waals surface area contributed by atoms with Gasteiger partial charge in [0.25, 0.3) is 0 Å². The van der Waals surface area contributed by atoms with Gasteiger partial charge in [0, 0.05) is 6.61 Å². The van der Waals surface area contributed by atoms with Crippen molar-refractivity contribution in [1.82, 2.24) is 5.32 Å². The van der Waals surface area contributed by atoms with E-state index in [1.807, 2.05) is 27.7 Å². The molecule has 4 heteroatoms. The highest BCUT2D eigenvalue weighted by Gasteiger charge is 2.34. The van der Waals surface area contributed by atoms with E-state index in [4.69, 9.17) is 9.47 Å². The summed E-state index contributed by atoms with van der Waals surface area (Å²) in [5.41, 5.74) is -0.222. The molecule has 1 aliphatic rings. The summed E-state index contributed by atoms with van der Waals surface area (Å²) in [5.74, 6) is -0.216. The lowest BCUT2D eigenvalue weighted by Crippen LogP contribution is -2.42. The molecule has 1 heterocycles. The Morgan fingerprint density at radius 1 is 1.35 bits per heavy atom. The summed E-state index contributed by atoms with van der Waals surface area (Å²) in [5, 5.41) is 3.25. The second-order valence-corrected chi connectivity index (χ2v) is 5.59. The Kier molecular flexibility index (Phi) is 5.40. The normalized spacial score (nSPS) is 20.0. The molecule has 0 bridgehead atoms. The highest BCUT2D eigenvalue weighted by atomic mass is 16.6. The zero-order valence-corrected chi connectivity index (χ0v) is 11.4. The Hall–Kier alpha value is -0.610. The van der Waals surface area contributed by atoms with E-state index < -0.39 is 6.10 Å². The van der Waals surface area contributed by atoms with Crippen LogP contribution in [0.4, 0.5) is 0 Å². The fraction of sp³-hybridized carbons (Fsp3) is 0.923. The summed E-state index contributed by atoms with van der Waals surface area (Å²) in [4.78, 5) is 12.1. The molecule has 1 N–H and O–H groups in total. The SMILES string of the molecule is CCOC(C(=O)OC1CCNCC1)C(C)(C)C. The van der Waals surface area contributed by atoms with Gasteiger partial charge in [0.15, 0.2) is 6.10 Å². The second-order valence-electron chi connectivity index (χ2n) is 5.59. The van der Waals surface area contributed by atoms with Gasteiger partial charge < -0.3 is 14.8 Å². The minimum absolute atomic E-state index is 0.0501. The number of carbonyl (C=O) groups excluding carboxylic acids is 1. The largest absolute Gasteiger partial charge is 0.460 e. The van der Waals surface area contributed by atoms with Crippen molar-refractivity contribution in [2.75, 3.05) is 19.7 Å². The topological polar surface area (TPSA) is 47.6 Å². The number of ether oxygens (including phenoxy) is 2. The van der Waals surface area contributed by atoms with E-state index >= 15 is 0 Å². The van der Waals surface area contributed by atoms with Crippen molar-refractivity contribution in [3.63, 3.8) is 0 Å². The second kappa shape index (κ2) is 6.36. The number of nitrogens with one attached hydrogen (secondary N) is 1. The van der Waals surface area contributed by atoms with E-state index in [1.165, 1.54) is 0 Å². The van der Waals surface area contributed by atoms with Crippen LogP contribution < -0.4 is 5.32 Å². The molecule has 17 heavy (non-hydrogen) atoms. The van der Waals surface area contributed by atoms with Gasteiger partial charge in [0.2, 0.25) is 0 Å². The first-order valence-electron chi connectivity index (χ1n) is 6.48. The van der Waals surface area contributed by atoms with Gasteiger partial charge in [0.05, 0.1) is 0 Å². The van der Waals surface area contributed by atoms with Crippen molar-refractivity contribution in [3.8, 4) is 0 Å². The third-order valence-corrected chi connectivity index (χ3v) is 2.90. The van der Waals surface area contributed by atoms with Crippen molar-refractivity contribution in [3.05, 3.63) is 0 Å². The molecule has 1 unspecified atom stereocenters. The molecule has 0 aliphatic carbocycles. The Morgan fingerprint density at radius 2 is 1.94 bits per heavy atom. The van der Waals surface area contributed by atoms with Crippen LogP contribution in [-0.4, -0.2) is 37.9 Å². The van der Waals surface area contributed by atoms with E-state index in [-0.39, 0.29) is 17.5 Å². The molecule has 100 valence electrons. The fourth-order valence-electron chi connectivity index (χ4n) is 1.98. The van der Waals surface area contributed by atoms with Gasteiger partial charge in [-0.05, 0) is 38.3 Å². The Balaban J connectivity index is 2.52. The molecule has 1 rings (SSSR count). The van der Waals surface area contributed by atoms with E-state index in [0.29, 0.717) is 6.61 Å². The lowest BCUT2D eigenvalue weighted by molar-refractivity contribution is -0.171. The number of hydrogen-bond donors (Lipinski definition) is 1. The summed E-state index contributed by atoms with van der Waals surface area (Å²) in [6, 6.07) is 0. The van der Waals surface area contributed by atoms with Crippen molar-refractivity contribution < 1.29 is 14.3 Å². The first-order chi connectivity index (χ1) is 7.95. The third kappa shape index (κ3) is 4.64. The Bertz CT molecular complexity index is 242. The molecule has 1 atom stereocenters. The summed E-state index contributed by atoms with van der Waals surface area (Å²) in [6.45, 7) is 10.3. The van der Waals surface area contributed by atoms with Crippen LogP contribution in [0.2, 0.25) is 0 Å². The van der Waals surface area contributed by atoms with E-state index in [0.717, 1.165) is 25.9 Å². The van der Waals surface area contributed by atoms with Gasteiger partial charge in [-0.3, -0.25) is 0 Å². The molecule has 0 spiro atoms. The quantitative estimate of drug-likeness (QED) is 0.764. The van der Waals surface area contributed by atoms with Gasteiger partial charge in [0.1, 0.15) is 6.10 Å². The van der Waals surface area contributed by atoms with Crippen LogP contribution in [-0.2, 0) is 14.3 Å². The minimum Gasteiger partial charge on any atom is -0.460 e. The number of piperidine rings is 1. The summed E-state index contributed by atoms with van der Waals surface area (Å²) < 4.78 is 11.0. The maximum absolute atomic E-state index is 12.1. The molecule has 0 aromatic rings. The molecule has 1 aliphatic heterocycles. The van der Waals surface area contributed by atoms with E-state index in [2.05, 4.69) is 5.32 Å². The summed E-state index contributed by atoms with van der Waals surface area (Å²) in [6.07, 6.45) is 1.38. The Labute approximate surface area is 104 Å². The van der Waals surface area contributed by atoms with Crippen LogP contribution in [0.25, 0.3) is 0 Å². The molecule has 0 amide bonds. The summed E-state index contributed by atoms with van der Waals surface area (Å²) >= 11 is 0. The monoisotopic (exact) mass is 243 g/mol. The van der Waals surface area contributed by atoms with Crippen molar-refractivity contribution in [1.29, 1.82) is 0 Å². The van der Waals surface area contributed by atoms with E-state index in [1.54, 1.807) is 0 Å². The molecule has 0 radical (unpaired) electrons. The minimum atomic E-state index is -0.470. The Morgan fingerprint density at radius 3 is 2.41 bits per heavy atom. The van der Waals surface area contributed by atoms with E-state index in [9.17, 15) is 4.79 Å². The zero-order valence-electron chi connectivity index (χ0n) is 11.4. The van der Waals surface area contributed by atoms with Gasteiger partial charge in [-0.25, -0.2) is 4.79 Å². The first-order valence-corrected chi connectivity index (χ1v) is 6.48. The maximum atomic E-state index is 12.1. The number of hydrogen-bond acceptors (Lipinski definition) is 4. The van der Waals surface area contributed by atoms with Crippen LogP contribution >= 0.6 is 0 Å². The third-order valence-electron chi connectivity index (χ3n) is 2.90. The standard InChI is InChI=1S/C13H25NO3/c1-5-16-11(13(2,3)4)12(15)17-10-6-8-14-9-7-10/h10-11,14H,5-9H2,1-4H3. The fourth-order valence-corrected chi connectivity index (χ4v) is 1.98. The van der Waals surface area contributed by atoms with Crippen LogP contribution in [0.15, 0.2) is 0 Å². The van der Waals surface area contributed by atoms with Crippen molar-refractivity contribution >= 4 is 5.97 Å². The number of esters is 1. The highest BCUT2D eigenvalue weighted by Crippen LogP contribution is 2.24. The molecule has 0 aromatic heterocycles. The van der Waals surface area contributed by atoms with Gasteiger partial charge in [-0.2, -0.15) is 0 Å². The predicted octanol–water partition coefficient (Wildman–Crippen LogP) is 1.73. The lowest BCUT2D eigenvalue weighted by Gasteiger charge is -2.31. The molecular formula is C13H25NO3. The van der Waals surface area contributed by atoms with Gasteiger partial charge in [-0.15, -0.1) is 0 Å². The van der Waals surface area contributed by atoms with Crippen LogP contribution in [0.3, 0.4) is 0 Å². The van der Waals surface area contributed by atoms with Crippen molar-refractivity contribution in [2.24, 2.45) is 5.41 Å². The average Bonchev–Trinajstić information content (AvgIpc) is 2.25. The maximum Gasteiger partial charge on any atom is 0.336 e. The smallest absolute Gasteiger partial charge is 0.336 e. The highest BCUT2D eigenvalue weighted by molar-refractivity contribution is 5.75. The molecule has 1 saturated heterocycles. The molecule has 0 aromatic carbocycles. The van der Waals surface area contributed by atoms with Crippen LogP contribution in [0.1, 0.15) is 40.5 Å². The summed E-state index contributed by atoms with van der Waals surface area (Å²) in [7, 11) is 0. The van der Waals surface area contributed by atoms with Crippen molar-refractivity contribution in [2.45, 2.75) is 52.7 Å². The molecular weight excluding hydrogens is 218 g/mol.